The maximum atomic E-state index is 15.1. The standard InChI is InChI=1S/C32H32F3N5O3/c33-19-13-32(7-1-8-39(32)14-19)17-43-27-12-25(38-15-20-3-4-21(16-38)36-20)23-6-9-40(31(42)30(23)37-27)26-11-22(41)10-18-2-5-24(34)29(35)28(18)26/h2,5-6,9-12,19-21,36,41H,1,3-4,7-8,13-17H2/t19-,20?,21?,32+/m1/s1. The summed E-state index contributed by atoms with van der Waals surface area (Å²) in [5.41, 5.74) is 0.00183. The molecule has 0 saturated carbocycles. The second-order valence-electron chi connectivity index (χ2n) is 12.6. The molecule has 2 unspecified atom stereocenters. The van der Waals surface area contributed by atoms with Gasteiger partial charge in [0.15, 0.2) is 11.6 Å². The normalized spacial score (nSPS) is 27.0. The maximum absolute atomic E-state index is 15.1. The lowest BCUT2D eigenvalue weighted by atomic mass is 9.95. The topological polar surface area (TPSA) is 82.9 Å². The monoisotopic (exact) mass is 591 g/mol. The van der Waals surface area contributed by atoms with Crippen LogP contribution in [0.4, 0.5) is 18.9 Å². The highest BCUT2D eigenvalue weighted by molar-refractivity contribution is 5.95. The predicted molar refractivity (Wildman–Crippen MR) is 157 cm³/mol. The Labute approximate surface area is 245 Å². The van der Waals surface area contributed by atoms with Crippen molar-refractivity contribution in [3.05, 3.63) is 64.6 Å². The van der Waals surface area contributed by atoms with Gasteiger partial charge in [0.05, 0.1) is 16.9 Å². The van der Waals surface area contributed by atoms with Crippen LogP contribution < -0.4 is 20.5 Å². The molecule has 4 aromatic rings. The quantitative estimate of drug-likeness (QED) is 0.356. The van der Waals surface area contributed by atoms with Gasteiger partial charge in [-0.05, 0) is 55.8 Å². The molecule has 2 bridgehead atoms. The highest BCUT2D eigenvalue weighted by atomic mass is 19.2. The number of hydrogen-bond donors (Lipinski definition) is 2. The van der Waals surface area contributed by atoms with Gasteiger partial charge in [-0.1, -0.05) is 6.07 Å². The number of phenolic OH excluding ortho intramolecular Hbond substituents is 1. The number of ether oxygens (including phenoxy) is 1. The number of halogens is 3. The van der Waals surface area contributed by atoms with E-state index in [-0.39, 0.29) is 45.8 Å². The fourth-order valence-corrected chi connectivity index (χ4v) is 7.90. The van der Waals surface area contributed by atoms with E-state index in [0.717, 1.165) is 57.1 Å². The second-order valence-corrected chi connectivity index (χ2v) is 12.6. The van der Waals surface area contributed by atoms with Crippen molar-refractivity contribution in [2.75, 3.05) is 37.7 Å². The van der Waals surface area contributed by atoms with Crippen molar-refractivity contribution < 1.29 is 23.0 Å². The van der Waals surface area contributed by atoms with E-state index in [1.165, 1.54) is 29.0 Å². The van der Waals surface area contributed by atoms with Gasteiger partial charge in [-0.3, -0.25) is 14.3 Å². The van der Waals surface area contributed by atoms with Crippen LogP contribution in [0.3, 0.4) is 0 Å². The number of hydrogen-bond acceptors (Lipinski definition) is 7. The molecule has 8 rings (SSSR count). The first-order valence-electron chi connectivity index (χ1n) is 15.0. The number of alkyl halides is 1. The molecular formula is C32H32F3N5O3. The van der Waals surface area contributed by atoms with Crippen LogP contribution in [-0.4, -0.2) is 76.1 Å². The van der Waals surface area contributed by atoms with Crippen LogP contribution in [0.2, 0.25) is 0 Å². The zero-order valence-corrected chi connectivity index (χ0v) is 23.5. The largest absolute Gasteiger partial charge is 0.508 e. The van der Waals surface area contributed by atoms with Crippen LogP contribution in [0.25, 0.3) is 27.4 Å². The van der Waals surface area contributed by atoms with Crippen LogP contribution in [0.15, 0.2) is 47.4 Å². The molecule has 0 aliphatic carbocycles. The number of nitrogens with one attached hydrogen (secondary N) is 1. The highest BCUT2D eigenvalue weighted by Crippen LogP contribution is 2.41. The van der Waals surface area contributed by atoms with Gasteiger partial charge in [-0.2, -0.15) is 0 Å². The molecule has 4 fully saturated rings. The van der Waals surface area contributed by atoms with Gasteiger partial charge in [0.2, 0.25) is 5.88 Å². The van der Waals surface area contributed by atoms with Crippen molar-refractivity contribution in [1.82, 2.24) is 19.8 Å². The Morgan fingerprint density at radius 1 is 1.07 bits per heavy atom. The fraction of sp³-hybridized carbons (Fsp3) is 0.438. The molecule has 0 radical (unpaired) electrons. The van der Waals surface area contributed by atoms with E-state index in [0.29, 0.717) is 30.4 Å². The van der Waals surface area contributed by atoms with Crippen molar-refractivity contribution in [3.8, 4) is 17.3 Å². The van der Waals surface area contributed by atoms with Gasteiger partial charge >= 0.3 is 0 Å². The van der Waals surface area contributed by atoms with Gasteiger partial charge in [0.25, 0.3) is 5.56 Å². The van der Waals surface area contributed by atoms with E-state index < -0.39 is 23.4 Å². The summed E-state index contributed by atoms with van der Waals surface area (Å²) in [6.07, 6.45) is 5.01. The van der Waals surface area contributed by atoms with Crippen LogP contribution in [0.5, 0.6) is 11.6 Å². The number of anilines is 1. The number of aromatic hydroxyl groups is 1. The Kier molecular flexibility index (Phi) is 6.13. The first-order chi connectivity index (χ1) is 20.8. The van der Waals surface area contributed by atoms with Gasteiger partial charge in [-0.15, -0.1) is 0 Å². The third-order valence-electron chi connectivity index (χ3n) is 9.86. The number of nitrogens with zero attached hydrogens (tertiary/aromatic N) is 4. The summed E-state index contributed by atoms with van der Waals surface area (Å²) in [4.78, 5) is 23.2. The van der Waals surface area contributed by atoms with Crippen LogP contribution in [0.1, 0.15) is 32.1 Å². The number of pyridine rings is 2. The van der Waals surface area contributed by atoms with Gasteiger partial charge in [-0.25, -0.2) is 18.2 Å². The Hall–Kier alpha value is -3.83. The smallest absolute Gasteiger partial charge is 0.281 e. The Bertz CT molecular complexity index is 1820. The van der Waals surface area contributed by atoms with Gasteiger partial charge < -0.3 is 20.1 Å². The Morgan fingerprint density at radius 2 is 1.88 bits per heavy atom. The summed E-state index contributed by atoms with van der Waals surface area (Å²) < 4.78 is 51.4. The number of benzene rings is 2. The molecular weight excluding hydrogens is 559 g/mol. The summed E-state index contributed by atoms with van der Waals surface area (Å²) in [6, 6.07) is 9.22. The molecule has 8 nitrogen and oxygen atoms in total. The van der Waals surface area contributed by atoms with Crippen molar-refractivity contribution in [1.29, 1.82) is 0 Å². The zero-order chi connectivity index (χ0) is 29.5. The molecule has 6 heterocycles. The average molecular weight is 592 g/mol. The Morgan fingerprint density at radius 3 is 2.70 bits per heavy atom. The highest BCUT2D eigenvalue weighted by Gasteiger charge is 2.49. The minimum absolute atomic E-state index is 0.00854. The van der Waals surface area contributed by atoms with E-state index in [4.69, 9.17) is 4.74 Å². The van der Waals surface area contributed by atoms with Gasteiger partial charge in [0, 0.05) is 67.2 Å². The Balaban J connectivity index is 1.27. The van der Waals surface area contributed by atoms with E-state index in [1.807, 2.05) is 6.07 Å². The molecule has 43 heavy (non-hydrogen) atoms. The summed E-state index contributed by atoms with van der Waals surface area (Å²) in [7, 11) is 0. The minimum atomic E-state index is -1.11. The van der Waals surface area contributed by atoms with E-state index >= 15 is 4.39 Å². The summed E-state index contributed by atoms with van der Waals surface area (Å²) in [6.45, 7) is 3.04. The SMILES string of the molecule is O=c1c2nc(OC[C@@]34CCCN3C[C@H](F)C4)cc(N3CC4CCC(C3)N4)c2ccn1-c1cc(O)cc2ccc(F)c(F)c12. The lowest BCUT2D eigenvalue weighted by molar-refractivity contribution is 0.111. The molecule has 4 aliphatic rings. The first-order valence-corrected chi connectivity index (χ1v) is 15.0. The van der Waals surface area contributed by atoms with Crippen LogP contribution >= 0.6 is 0 Å². The van der Waals surface area contributed by atoms with Crippen molar-refractivity contribution >= 4 is 27.4 Å². The average Bonchev–Trinajstić information content (AvgIpc) is 3.63. The molecule has 11 heteroatoms. The minimum Gasteiger partial charge on any atom is -0.508 e. The number of aromatic nitrogens is 2. The van der Waals surface area contributed by atoms with Crippen LogP contribution in [0, 0.1) is 11.6 Å². The molecule has 4 atom stereocenters. The molecule has 0 spiro atoms. The van der Waals surface area contributed by atoms with Crippen molar-refractivity contribution in [3.63, 3.8) is 0 Å². The number of fused-ring (bicyclic) bond motifs is 5. The molecule has 2 aromatic carbocycles. The lowest BCUT2D eigenvalue weighted by Gasteiger charge is -2.35. The first kappa shape index (κ1) is 26.8. The summed E-state index contributed by atoms with van der Waals surface area (Å²) >= 11 is 0. The fourth-order valence-electron chi connectivity index (χ4n) is 7.90. The summed E-state index contributed by atoms with van der Waals surface area (Å²) in [5, 5.41) is 14.8. The molecule has 0 amide bonds. The second kappa shape index (κ2) is 9.85. The molecule has 224 valence electrons. The number of rotatable bonds is 5. The number of piperazine rings is 1. The zero-order valence-electron chi connectivity index (χ0n) is 23.5. The predicted octanol–water partition coefficient (Wildman–Crippen LogP) is 4.42. The maximum Gasteiger partial charge on any atom is 0.281 e. The van der Waals surface area contributed by atoms with E-state index in [2.05, 4.69) is 20.1 Å². The molecule has 2 aromatic heterocycles. The molecule has 2 N–H and O–H groups in total. The number of phenols is 1. The van der Waals surface area contributed by atoms with E-state index in [9.17, 15) is 18.7 Å². The molecule has 4 aliphatic heterocycles. The van der Waals surface area contributed by atoms with E-state index in [1.54, 1.807) is 6.07 Å². The third kappa shape index (κ3) is 4.35. The molecule has 4 saturated heterocycles. The lowest BCUT2D eigenvalue weighted by Crippen LogP contribution is -2.51. The third-order valence-corrected chi connectivity index (χ3v) is 9.86. The van der Waals surface area contributed by atoms with Gasteiger partial charge in [0.1, 0.15) is 24.0 Å². The van der Waals surface area contributed by atoms with Crippen LogP contribution in [-0.2, 0) is 0 Å². The van der Waals surface area contributed by atoms with Crippen molar-refractivity contribution in [2.24, 2.45) is 0 Å². The van der Waals surface area contributed by atoms with Crippen molar-refractivity contribution in [2.45, 2.75) is 55.9 Å². The summed E-state index contributed by atoms with van der Waals surface area (Å²) in [5.74, 6) is -2.08.